The monoisotopic (exact) mass is 449 g/mol. The Hall–Kier alpha value is -3.15. The summed E-state index contributed by atoms with van der Waals surface area (Å²) in [6, 6.07) is 11.3. The highest BCUT2D eigenvalue weighted by Gasteiger charge is 2.32. The molecule has 6 heteroatoms. The highest BCUT2D eigenvalue weighted by molar-refractivity contribution is 5.93. The molecule has 33 heavy (non-hydrogen) atoms. The van der Waals surface area contributed by atoms with Crippen LogP contribution in [0.25, 0.3) is 0 Å². The number of pyridine rings is 1. The van der Waals surface area contributed by atoms with Gasteiger partial charge in [-0.05, 0) is 66.8 Å². The molecule has 2 N–H and O–H groups in total. The summed E-state index contributed by atoms with van der Waals surface area (Å²) < 4.78 is 5.18. The number of nitrogens with zero attached hydrogens (tertiary/aromatic N) is 1. The lowest BCUT2D eigenvalue weighted by Crippen LogP contribution is -2.37. The first-order valence-electron chi connectivity index (χ1n) is 11.6. The molecule has 1 aliphatic rings. The molecule has 0 fully saturated rings. The number of carbonyl (C=O) groups excluding carboxylic acids is 2. The second-order valence-electron chi connectivity index (χ2n) is 9.20. The van der Waals surface area contributed by atoms with Crippen LogP contribution in [0.1, 0.15) is 49.5 Å². The van der Waals surface area contributed by atoms with E-state index in [1.807, 2.05) is 24.3 Å². The number of allylic oxidation sites excluding steroid dienone is 1. The molecule has 0 saturated carbocycles. The lowest BCUT2D eigenvalue weighted by atomic mass is 9.69. The number of hydrogen-bond acceptors (Lipinski definition) is 4. The summed E-state index contributed by atoms with van der Waals surface area (Å²) in [5.41, 5.74) is 2.85. The highest BCUT2D eigenvalue weighted by atomic mass is 16.5. The second kappa shape index (κ2) is 11.6. The highest BCUT2D eigenvalue weighted by Crippen LogP contribution is 2.38. The predicted octanol–water partition coefficient (Wildman–Crippen LogP) is 4.38. The fraction of sp³-hybridized carbons (Fsp3) is 0.444. The number of methoxy groups -OCH3 is 1. The minimum Gasteiger partial charge on any atom is -0.497 e. The summed E-state index contributed by atoms with van der Waals surface area (Å²) in [4.78, 5) is 29.1. The lowest BCUT2D eigenvalue weighted by Gasteiger charge is -2.37. The topological polar surface area (TPSA) is 80.3 Å². The summed E-state index contributed by atoms with van der Waals surface area (Å²) in [5.74, 6) is 2.11. The molecule has 0 saturated heterocycles. The van der Waals surface area contributed by atoms with E-state index in [2.05, 4.69) is 42.5 Å². The van der Waals surface area contributed by atoms with Gasteiger partial charge in [0.05, 0.1) is 12.7 Å². The van der Waals surface area contributed by atoms with E-state index in [0.29, 0.717) is 36.9 Å². The van der Waals surface area contributed by atoms with Gasteiger partial charge in [0.2, 0.25) is 5.91 Å². The van der Waals surface area contributed by atoms with Crippen LogP contribution in [0.4, 0.5) is 0 Å². The van der Waals surface area contributed by atoms with Gasteiger partial charge in [0.15, 0.2) is 0 Å². The first kappa shape index (κ1) is 24.5. The van der Waals surface area contributed by atoms with Crippen LogP contribution < -0.4 is 15.4 Å². The Morgan fingerprint density at radius 2 is 1.91 bits per heavy atom. The molecule has 0 spiro atoms. The van der Waals surface area contributed by atoms with Crippen molar-refractivity contribution in [2.75, 3.05) is 13.7 Å². The van der Waals surface area contributed by atoms with Crippen molar-refractivity contribution in [2.45, 2.75) is 40.2 Å². The van der Waals surface area contributed by atoms with E-state index in [-0.39, 0.29) is 23.7 Å². The van der Waals surface area contributed by atoms with Crippen LogP contribution in [0, 0.1) is 23.7 Å². The maximum atomic E-state index is 12.7. The van der Waals surface area contributed by atoms with Gasteiger partial charge in [0.25, 0.3) is 5.91 Å². The van der Waals surface area contributed by atoms with Crippen LogP contribution in [-0.4, -0.2) is 30.5 Å². The number of benzene rings is 1. The van der Waals surface area contributed by atoms with Crippen molar-refractivity contribution in [3.05, 3.63) is 71.6 Å². The van der Waals surface area contributed by atoms with Crippen LogP contribution in [0.5, 0.6) is 5.75 Å². The fourth-order valence-corrected chi connectivity index (χ4v) is 4.56. The van der Waals surface area contributed by atoms with Crippen molar-refractivity contribution >= 4 is 11.8 Å². The van der Waals surface area contributed by atoms with Crippen LogP contribution in [-0.2, 0) is 11.3 Å². The van der Waals surface area contributed by atoms with Gasteiger partial charge < -0.3 is 15.4 Å². The van der Waals surface area contributed by atoms with E-state index in [0.717, 1.165) is 17.7 Å². The third-order valence-corrected chi connectivity index (χ3v) is 6.59. The zero-order chi connectivity index (χ0) is 23.8. The Morgan fingerprint density at radius 1 is 1.15 bits per heavy atom. The molecule has 3 rings (SSSR count). The van der Waals surface area contributed by atoms with E-state index in [9.17, 15) is 9.59 Å². The van der Waals surface area contributed by atoms with Crippen molar-refractivity contribution in [1.29, 1.82) is 0 Å². The number of amides is 2. The Bertz CT molecular complexity index is 954. The van der Waals surface area contributed by atoms with Gasteiger partial charge in [0, 0.05) is 31.9 Å². The fourth-order valence-electron chi connectivity index (χ4n) is 4.56. The van der Waals surface area contributed by atoms with E-state index >= 15 is 0 Å². The van der Waals surface area contributed by atoms with E-state index in [1.54, 1.807) is 31.6 Å². The minimum atomic E-state index is -0.100. The molecule has 6 nitrogen and oxygen atoms in total. The molecule has 0 radical (unpaired) electrons. The SMILES string of the molecule is COc1ccc(CNC(=O)C[C@@H]2C[C@@H](C(C)C)[C@H](CNC(=O)c3cccnc3)C=C2C)cc1. The third-order valence-electron chi connectivity index (χ3n) is 6.59. The van der Waals surface area contributed by atoms with Gasteiger partial charge >= 0.3 is 0 Å². The average Bonchev–Trinajstić information content (AvgIpc) is 2.83. The van der Waals surface area contributed by atoms with E-state index in [1.165, 1.54) is 5.57 Å². The first-order valence-corrected chi connectivity index (χ1v) is 11.6. The third kappa shape index (κ3) is 6.91. The van der Waals surface area contributed by atoms with Crippen LogP contribution >= 0.6 is 0 Å². The van der Waals surface area contributed by atoms with Gasteiger partial charge in [-0.15, -0.1) is 0 Å². The van der Waals surface area contributed by atoms with Gasteiger partial charge in [0.1, 0.15) is 5.75 Å². The maximum absolute atomic E-state index is 12.7. The van der Waals surface area contributed by atoms with Crippen molar-refractivity contribution in [1.82, 2.24) is 15.6 Å². The Morgan fingerprint density at radius 3 is 2.55 bits per heavy atom. The normalized spacial score (nSPS) is 20.2. The average molecular weight is 450 g/mol. The molecule has 0 aliphatic heterocycles. The number of rotatable bonds is 9. The number of hydrogen-bond donors (Lipinski definition) is 2. The molecule has 1 aliphatic carbocycles. The molecule has 1 heterocycles. The van der Waals surface area contributed by atoms with Gasteiger partial charge in [-0.25, -0.2) is 0 Å². The van der Waals surface area contributed by atoms with Crippen molar-refractivity contribution in [3.8, 4) is 5.75 Å². The molecule has 2 amide bonds. The quantitative estimate of drug-likeness (QED) is 0.557. The largest absolute Gasteiger partial charge is 0.497 e. The molecule has 1 aromatic carbocycles. The zero-order valence-corrected chi connectivity index (χ0v) is 20.0. The first-order chi connectivity index (χ1) is 15.9. The second-order valence-corrected chi connectivity index (χ2v) is 9.20. The number of aromatic nitrogens is 1. The molecular weight excluding hydrogens is 414 g/mol. The Kier molecular flexibility index (Phi) is 8.64. The molecule has 176 valence electrons. The summed E-state index contributed by atoms with van der Waals surface area (Å²) in [6.45, 7) is 7.64. The smallest absolute Gasteiger partial charge is 0.252 e. The number of ether oxygens (including phenoxy) is 1. The van der Waals surface area contributed by atoms with Crippen LogP contribution in [0.3, 0.4) is 0 Å². The molecule has 3 atom stereocenters. The van der Waals surface area contributed by atoms with E-state index < -0.39 is 0 Å². The van der Waals surface area contributed by atoms with Gasteiger partial charge in [-0.2, -0.15) is 0 Å². The van der Waals surface area contributed by atoms with Gasteiger partial charge in [-0.1, -0.05) is 37.6 Å². The molecular formula is C27H35N3O3. The Labute approximate surface area is 196 Å². The zero-order valence-electron chi connectivity index (χ0n) is 20.0. The lowest BCUT2D eigenvalue weighted by molar-refractivity contribution is -0.122. The molecule has 1 aromatic heterocycles. The maximum Gasteiger partial charge on any atom is 0.252 e. The van der Waals surface area contributed by atoms with Crippen molar-refractivity contribution < 1.29 is 14.3 Å². The summed E-state index contributed by atoms with van der Waals surface area (Å²) in [5, 5.41) is 6.11. The van der Waals surface area contributed by atoms with Crippen molar-refractivity contribution in [2.24, 2.45) is 23.7 Å². The summed E-state index contributed by atoms with van der Waals surface area (Å²) in [6.07, 6.45) is 6.93. The standard InChI is InChI=1S/C27H35N3O3/c1-18(2)25-13-22(14-26(31)29-15-20-7-9-24(33-4)10-8-20)19(3)12-23(25)17-30-27(32)21-6-5-11-28-16-21/h5-12,16,18,22-23,25H,13-15,17H2,1-4H3,(H,29,31)(H,30,32)/t22-,23-,25-/m0/s1. The van der Waals surface area contributed by atoms with E-state index in [4.69, 9.17) is 4.74 Å². The summed E-state index contributed by atoms with van der Waals surface area (Å²) in [7, 11) is 1.64. The Balaban J connectivity index is 1.56. The molecule has 0 bridgehead atoms. The van der Waals surface area contributed by atoms with Gasteiger partial charge in [-0.3, -0.25) is 14.6 Å². The molecule has 0 unspecified atom stereocenters. The molecule has 2 aromatic rings. The van der Waals surface area contributed by atoms with Crippen LogP contribution in [0.15, 0.2) is 60.4 Å². The number of nitrogens with one attached hydrogen (secondary N) is 2. The minimum absolute atomic E-state index is 0.0643. The number of carbonyl (C=O) groups is 2. The van der Waals surface area contributed by atoms with Crippen LogP contribution in [0.2, 0.25) is 0 Å². The van der Waals surface area contributed by atoms with Crippen molar-refractivity contribution in [3.63, 3.8) is 0 Å². The summed E-state index contributed by atoms with van der Waals surface area (Å²) >= 11 is 0. The predicted molar refractivity (Wildman–Crippen MR) is 130 cm³/mol.